The first-order valence-corrected chi connectivity index (χ1v) is 5.07. The van der Waals surface area contributed by atoms with E-state index in [1.165, 1.54) is 4.90 Å². The smallest absolute Gasteiger partial charge is 0.407 e. The van der Waals surface area contributed by atoms with Gasteiger partial charge in [-0.15, -0.1) is 0 Å². The summed E-state index contributed by atoms with van der Waals surface area (Å²) in [5.74, 6) is 0. The van der Waals surface area contributed by atoms with Crippen molar-refractivity contribution in [1.29, 1.82) is 0 Å². The van der Waals surface area contributed by atoms with Crippen molar-refractivity contribution in [3.63, 3.8) is 0 Å². The maximum absolute atomic E-state index is 10.5. The van der Waals surface area contributed by atoms with Gasteiger partial charge in [0.15, 0.2) is 0 Å². The highest BCUT2D eigenvalue weighted by Gasteiger charge is 2.35. The minimum Gasteiger partial charge on any atom is -0.465 e. The molecule has 1 amide bonds. The van der Waals surface area contributed by atoms with Crippen LogP contribution in [0.3, 0.4) is 0 Å². The van der Waals surface area contributed by atoms with E-state index in [2.05, 4.69) is 4.90 Å². The molecule has 0 unspecified atom stereocenters. The Labute approximate surface area is 82.9 Å². The van der Waals surface area contributed by atoms with Crippen LogP contribution in [-0.2, 0) is 0 Å². The van der Waals surface area contributed by atoms with Crippen LogP contribution in [0.1, 0.15) is 12.8 Å². The van der Waals surface area contributed by atoms with E-state index in [1.807, 2.05) is 0 Å². The molecule has 0 aromatic carbocycles. The number of likely N-dealkylation sites (tertiary alicyclic amines) is 2. The Morgan fingerprint density at radius 2 is 1.79 bits per heavy atom. The highest BCUT2D eigenvalue weighted by molar-refractivity contribution is 5.66. The fourth-order valence-electron chi connectivity index (χ4n) is 2.09. The summed E-state index contributed by atoms with van der Waals surface area (Å²) in [5.41, 5.74) is 0. The summed E-state index contributed by atoms with van der Waals surface area (Å²) in [6.07, 6.45) is 0.674. The lowest BCUT2D eigenvalue weighted by Crippen LogP contribution is -2.62. The quantitative estimate of drug-likeness (QED) is 0.615. The molecule has 0 aliphatic carbocycles. The van der Waals surface area contributed by atoms with Crippen LogP contribution in [0.4, 0.5) is 4.79 Å². The van der Waals surface area contributed by atoms with E-state index in [4.69, 9.17) is 5.11 Å². The molecule has 0 aromatic rings. The second-order valence-corrected chi connectivity index (χ2v) is 4.11. The molecule has 80 valence electrons. The van der Waals surface area contributed by atoms with Gasteiger partial charge in [-0.1, -0.05) is 0 Å². The molecule has 0 radical (unpaired) electrons. The molecular weight excluding hydrogens is 184 g/mol. The summed E-state index contributed by atoms with van der Waals surface area (Å²) in [5, 5.41) is 18.0. The third-order valence-electron chi connectivity index (χ3n) is 3.15. The number of nitrogens with zero attached hydrogens (tertiary/aromatic N) is 2. The standard InChI is InChI=1S/C9H16N2O3/c12-8-1-3-10(4-2-8)7-5-11(6-7)9(13)14/h7-8,12H,1-6H2,(H,13,14). The first-order valence-electron chi connectivity index (χ1n) is 5.07. The molecule has 2 aliphatic rings. The van der Waals surface area contributed by atoms with Gasteiger partial charge in [-0.05, 0) is 12.8 Å². The lowest BCUT2D eigenvalue weighted by atomic mass is 10.0. The van der Waals surface area contributed by atoms with Crippen LogP contribution in [-0.4, -0.2) is 64.4 Å². The van der Waals surface area contributed by atoms with Gasteiger partial charge in [0.05, 0.1) is 6.10 Å². The molecule has 2 N–H and O–H groups in total. The molecule has 0 atom stereocenters. The van der Waals surface area contributed by atoms with Crippen LogP contribution in [0.25, 0.3) is 0 Å². The van der Waals surface area contributed by atoms with Crippen molar-refractivity contribution in [2.24, 2.45) is 0 Å². The Bertz CT molecular complexity index is 220. The number of piperidine rings is 1. The molecule has 2 heterocycles. The normalized spacial score (nSPS) is 26.2. The first kappa shape index (κ1) is 9.73. The van der Waals surface area contributed by atoms with Gasteiger partial charge in [-0.2, -0.15) is 0 Å². The summed E-state index contributed by atoms with van der Waals surface area (Å²) in [7, 11) is 0. The highest BCUT2D eigenvalue weighted by atomic mass is 16.4. The maximum atomic E-state index is 10.5. The molecule has 0 spiro atoms. The van der Waals surface area contributed by atoms with Gasteiger partial charge in [-0.25, -0.2) is 4.79 Å². The summed E-state index contributed by atoms with van der Waals surface area (Å²) in [4.78, 5) is 14.2. The fourth-order valence-corrected chi connectivity index (χ4v) is 2.09. The second kappa shape index (κ2) is 3.74. The number of carbonyl (C=O) groups is 1. The van der Waals surface area contributed by atoms with Gasteiger partial charge in [0.1, 0.15) is 0 Å². The van der Waals surface area contributed by atoms with Gasteiger partial charge in [0, 0.05) is 32.2 Å². The Hall–Kier alpha value is -0.810. The SMILES string of the molecule is O=C(O)N1CC(N2CCC(O)CC2)C1. The van der Waals surface area contributed by atoms with Crippen molar-refractivity contribution in [2.75, 3.05) is 26.2 Å². The zero-order valence-electron chi connectivity index (χ0n) is 8.09. The number of carboxylic acid groups (broad SMARTS) is 1. The van der Waals surface area contributed by atoms with E-state index in [0.717, 1.165) is 25.9 Å². The van der Waals surface area contributed by atoms with Crippen LogP contribution in [0.2, 0.25) is 0 Å². The van der Waals surface area contributed by atoms with Crippen LogP contribution in [0.5, 0.6) is 0 Å². The molecule has 5 heteroatoms. The minimum atomic E-state index is -0.821. The van der Waals surface area contributed by atoms with Crippen molar-refractivity contribution < 1.29 is 15.0 Å². The fraction of sp³-hybridized carbons (Fsp3) is 0.889. The van der Waals surface area contributed by atoms with Crippen molar-refractivity contribution in [2.45, 2.75) is 25.0 Å². The molecule has 2 rings (SSSR count). The summed E-state index contributed by atoms with van der Waals surface area (Å²) < 4.78 is 0. The molecular formula is C9H16N2O3. The third kappa shape index (κ3) is 1.83. The van der Waals surface area contributed by atoms with E-state index >= 15 is 0 Å². The number of hydrogen-bond donors (Lipinski definition) is 2. The van der Waals surface area contributed by atoms with Crippen LogP contribution in [0, 0.1) is 0 Å². The zero-order valence-corrected chi connectivity index (χ0v) is 8.09. The molecule has 0 aromatic heterocycles. The lowest BCUT2D eigenvalue weighted by molar-refractivity contribution is 0.00128. The van der Waals surface area contributed by atoms with Gasteiger partial charge in [0.25, 0.3) is 0 Å². The predicted octanol–water partition coefficient (Wildman–Crippen LogP) is -0.195. The van der Waals surface area contributed by atoms with Gasteiger partial charge in [-0.3, -0.25) is 4.90 Å². The molecule has 2 fully saturated rings. The van der Waals surface area contributed by atoms with Crippen molar-refractivity contribution >= 4 is 6.09 Å². The Kier molecular flexibility index (Phi) is 2.60. The third-order valence-corrected chi connectivity index (χ3v) is 3.15. The molecule has 2 saturated heterocycles. The number of aliphatic hydroxyl groups is 1. The lowest BCUT2D eigenvalue weighted by Gasteiger charge is -2.45. The average molecular weight is 200 g/mol. The number of hydrogen-bond acceptors (Lipinski definition) is 3. The largest absolute Gasteiger partial charge is 0.465 e. The Balaban J connectivity index is 1.74. The predicted molar refractivity (Wildman–Crippen MR) is 50.2 cm³/mol. The number of aliphatic hydroxyl groups excluding tert-OH is 1. The highest BCUT2D eigenvalue weighted by Crippen LogP contribution is 2.19. The zero-order chi connectivity index (χ0) is 10.1. The molecule has 0 saturated carbocycles. The average Bonchev–Trinajstić information content (AvgIpc) is 2.05. The monoisotopic (exact) mass is 200 g/mol. The van der Waals surface area contributed by atoms with Crippen molar-refractivity contribution in [3.8, 4) is 0 Å². The Morgan fingerprint density at radius 3 is 2.29 bits per heavy atom. The summed E-state index contributed by atoms with van der Waals surface area (Å²) in [6.45, 7) is 3.06. The number of rotatable bonds is 1. The maximum Gasteiger partial charge on any atom is 0.407 e. The molecule has 5 nitrogen and oxygen atoms in total. The van der Waals surface area contributed by atoms with E-state index < -0.39 is 6.09 Å². The molecule has 14 heavy (non-hydrogen) atoms. The van der Waals surface area contributed by atoms with Gasteiger partial charge < -0.3 is 15.1 Å². The summed E-state index contributed by atoms with van der Waals surface area (Å²) >= 11 is 0. The van der Waals surface area contributed by atoms with Crippen molar-refractivity contribution in [1.82, 2.24) is 9.80 Å². The second-order valence-electron chi connectivity index (χ2n) is 4.11. The van der Waals surface area contributed by atoms with E-state index in [9.17, 15) is 9.90 Å². The van der Waals surface area contributed by atoms with E-state index in [0.29, 0.717) is 19.1 Å². The topological polar surface area (TPSA) is 64.0 Å². The molecule has 0 bridgehead atoms. The van der Waals surface area contributed by atoms with Crippen LogP contribution < -0.4 is 0 Å². The van der Waals surface area contributed by atoms with E-state index in [-0.39, 0.29) is 6.10 Å². The minimum absolute atomic E-state index is 0.151. The van der Waals surface area contributed by atoms with Crippen LogP contribution in [0.15, 0.2) is 0 Å². The Morgan fingerprint density at radius 1 is 1.21 bits per heavy atom. The van der Waals surface area contributed by atoms with Gasteiger partial charge in [0.2, 0.25) is 0 Å². The summed E-state index contributed by atoms with van der Waals surface area (Å²) in [6, 6.07) is 0.388. The first-order chi connectivity index (χ1) is 6.66. The van der Waals surface area contributed by atoms with Gasteiger partial charge >= 0.3 is 6.09 Å². The number of amides is 1. The van der Waals surface area contributed by atoms with Crippen LogP contribution >= 0.6 is 0 Å². The van der Waals surface area contributed by atoms with Crippen molar-refractivity contribution in [3.05, 3.63) is 0 Å². The van der Waals surface area contributed by atoms with E-state index in [1.54, 1.807) is 0 Å². The molecule has 2 aliphatic heterocycles.